The average molecular weight is 540 g/mol. The molecule has 5 rings (SSSR count). The molecule has 0 N–H and O–H groups in total. The van der Waals surface area contributed by atoms with Gasteiger partial charge in [-0.25, -0.2) is 4.98 Å². The van der Waals surface area contributed by atoms with Crippen molar-refractivity contribution in [2.24, 2.45) is 0 Å². The van der Waals surface area contributed by atoms with E-state index >= 15 is 0 Å². The second kappa shape index (κ2) is 13.8. The average Bonchev–Trinajstić information content (AvgIpc) is 3.67. The lowest BCUT2D eigenvalue weighted by atomic mass is 9.95. The van der Waals surface area contributed by atoms with Crippen molar-refractivity contribution in [3.63, 3.8) is 0 Å². The number of benzene rings is 3. The molecule has 7 nitrogen and oxygen atoms in total. The van der Waals surface area contributed by atoms with Crippen molar-refractivity contribution in [2.45, 2.75) is 32.2 Å². The Balaban J connectivity index is 1.13. The first-order valence-corrected chi connectivity index (χ1v) is 14.0. The molecule has 4 aromatic rings. The molecule has 7 heteroatoms. The highest BCUT2D eigenvalue weighted by molar-refractivity contribution is 5.71. The monoisotopic (exact) mass is 539 g/mol. The predicted molar refractivity (Wildman–Crippen MR) is 156 cm³/mol. The largest absolute Gasteiger partial charge is 0.492 e. The van der Waals surface area contributed by atoms with Gasteiger partial charge in [0.2, 0.25) is 0 Å². The first kappa shape index (κ1) is 27.5. The fourth-order valence-electron chi connectivity index (χ4n) is 5.02. The maximum absolute atomic E-state index is 11.4. The molecule has 0 atom stereocenters. The Hall–Kier alpha value is -4.10. The van der Waals surface area contributed by atoms with Gasteiger partial charge in [-0.3, -0.25) is 9.69 Å². The number of carbonyl (C=O) groups is 1. The summed E-state index contributed by atoms with van der Waals surface area (Å²) >= 11 is 0. The molecule has 1 aromatic heterocycles. The van der Waals surface area contributed by atoms with Gasteiger partial charge in [0.15, 0.2) is 0 Å². The zero-order chi connectivity index (χ0) is 27.6. The number of imidazole rings is 1. The molecule has 0 amide bonds. The third kappa shape index (κ3) is 7.73. The van der Waals surface area contributed by atoms with Crippen LogP contribution in [0.2, 0.25) is 0 Å². The molecule has 208 valence electrons. The lowest BCUT2D eigenvalue weighted by Gasteiger charge is -2.15. The van der Waals surface area contributed by atoms with Crippen LogP contribution >= 0.6 is 0 Å². The molecular formula is C33H37N3O4. The Labute approximate surface area is 236 Å². The number of likely N-dealkylation sites (tertiary alicyclic amines) is 1. The van der Waals surface area contributed by atoms with E-state index in [0.29, 0.717) is 18.8 Å². The summed E-state index contributed by atoms with van der Waals surface area (Å²) in [5, 5.41) is 0. The number of hydrogen-bond acceptors (Lipinski definition) is 6. The van der Waals surface area contributed by atoms with Gasteiger partial charge in [0.05, 0.1) is 32.1 Å². The van der Waals surface area contributed by atoms with Crippen molar-refractivity contribution in [1.29, 1.82) is 0 Å². The van der Waals surface area contributed by atoms with Crippen molar-refractivity contribution < 1.29 is 19.0 Å². The van der Waals surface area contributed by atoms with Gasteiger partial charge in [-0.2, -0.15) is 0 Å². The number of ether oxygens (including phenoxy) is 3. The van der Waals surface area contributed by atoms with Crippen LogP contribution in [0.4, 0.5) is 0 Å². The highest BCUT2D eigenvalue weighted by atomic mass is 16.5. The fourth-order valence-corrected chi connectivity index (χ4v) is 5.02. The molecule has 1 saturated heterocycles. The minimum atomic E-state index is -0.297. The number of nitrogens with zero attached hydrogens (tertiary/aromatic N) is 3. The molecule has 0 radical (unpaired) electrons. The minimum absolute atomic E-state index is 0.173. The van der Waals surface area contributed by atoms with Crippen LogP contribution in [0.25, 0.3) is 11.1 Å². The number of methoxy groups -OCH3 is 1. The van der Waals surface area contributed by atoms with Crippen molar-refractivity contribution in [3.05, 3.63) is 102 Å². The number of esters is 1. The highest BCUT2D eigenvalue weighted by Crippen LogP contribution is 2.28. The normalized spacial score (nSPS) is 13.3. The molecule has 0 bridgehead atoms. The molecule has 1 fully saturated rings. The third-order valence-electron chi connectivity index (χ3n) is 7.23. The second-order valence-corrected chi connectivity index (χ2v) is 10.1. The summed E-state index contributed by atoms with van der Waals surface area (Å²) in [7, 11) is 1.38. The number of hydrogen-bond donors (Lipinski definition) is 0. The molecule has 1 aliphatic rings. The SMILES string of the molecule is COC(=O)Cc1cn(CCOc2ccc(-c3ccccc3Cc3ccc(OCCN4CCCC4)cc3)cc2)cn1. The Kier molecular flexibility index (Phi) is 9.48. The summed E-state index contributed by atoms with van der Waals surface area (Å²) in [6.07, 6.45) is 7.19. The van der Waals surface area contributed by atoms with Gasteiger partial charge >= 0.3 is 5.97 Å². The topological polar surface area (TPSA) is 65.8 Å². The molecule has 0 unspecified atom stereocenters. The van der Waals surface area contributed by atoms with Crippen molar-refractivity contribution in [1.82, 2.24) is 14.5 Å². The van der Waals surface area contributed by atoms with E-state index in [0.717, 1.165) is 36.6 Å². The van der Waals surface area contributed by atoms with Gasteiger partial charge < -0.3 is 18.8 Å². The van der Waals surface area contributed by atoms with E-state index in [2.05, 4.69) is 70.5 Å². The Bertz CT molecular complexity index is 1360. The van der Waals surface area contributed by atoms with Crippen LogP contribution in [0.3, 0.4) is 0 Å². The van der Waals surface area contributed by atoms with E-state index in [1.807, 2.05) is 22.9 Å². The van der Waals surface area contributed by atoms with Crippen LogP contribution in [0, 0.1) is 0 Å². The molecule has 2 heterocycles. The zero-order valence-electron chi connectivity index (χ0n) is 23.1. The second-order valence-electron chi connectivity index (χ2n) is 10.1. The van der Waals surface area contributed by atoms with Gasteiger partial charge in [0, 0.05) is 12.7 Å². The van der Waals surface area contributed by atoms with Crippen molar-refractivity contribution in [3.8, 4) is 22.6 Å². The predicted octanol–water partition coefficient (Wildman–Crippen LogP) is 5.41. The fraction of sp³-hybridized carbons (Fsp3) is 0.333. The molecule has 0 aliphatic carbocycles. The number of rotatable bonds is 13. The zero-order valence-corrected chi connectivity index (χ0v) is 23.1. The van der Waals surface area contributed by atoms with E-state index in [-0.39, 0.29) is 12.4 Å². The molecule has 1 aliphatic heterocycles. The van der Waals surface area contributed by atoms with Crippen LogP contribution in [0.5, 0.6) is 11.5 Å². The standard InChI is InChI=1S/C33H37N3O4/c1-38-33(37)23-29-24-36(25-34-29)19-21-40-31-14-10-27(11-15-31)32-7-3-2-6-28(32)22-26-8-12-30(13-9-26)39-20-18-35-16-4-5-17-35/h2-3,6-15,24-25H,4-5,16-23H2,1H3. The Morgan fingerprint density at radius 2 is 1.52 bits per heavy atom. The summed E-state index contributed by atoms with van der Waals surface area (Å²) in [6.45, 7) is 5.28. The van der Waals surface area contributed by atoms with Gasteiger partial charge in [-0.05, 0) is 78.9 Å². The first-order chi connectivity index (χ1) is 19.7. The number of carbonyl (C=O) groups excluding carboxylic acids is 1. The van der Waals surface area contributed by atoms with E-state index in [1.54, 1.807) is 6.33 Å². The maximum Gasteiger partial charge on any atom is 0.311 e. The van der Waals surface area contributed by atoms with Crippen LogP contribution in [-0.4, -0.2) is 60.4 Å². The molecule has 0 spiro atoms. The van der Waals surface area contributed by atoms with Gasteiger partial charge in [-0.15, -0.1) is 0 Å². The quantitative estimate of drug-likeness (QED) is 0.212. The van der Waals surface area contributed by atoms with Gasteiger partial charge in [0.25, 0.3) is 0 Å². The van der Waals surface area contributed by atoms with E-state index in [9.17, 15) is 4.79 Å². The molecule has 3 aromatic carbocycles. The Morgan fingerprint density at radius 3 is 2.25 bits per heavy atom. The minimum Gasteiger partial charge on any atom is -0.492 e. The lowest BCUT2D eigenvalue weighted by molar-refractivity contribution is -0.139. The molecule has 0 saturated carbocycles. The van der Waals surface area contributed by atoms with Crippen LogP contribution in [0.1, 0.15) is 29.7 Å². The lowest BCUT2D eigenvalue weighted by Crippen LogP contribution is -2.25. The summed E-state index contributed by atoms with van der Waals surface area (Å²) in [4.78, 5) is 18.1. The summed E-state index contributed by atoms with van der Waals surface area (Å²) in [5.41, 5.74) is 5.60. The number of aromatic nitrogens is 2. The van der Waals surface area contributed by atoms with E-state index < -0.39 is 0 Å². The molecule has 40 heavy (non-hydrogen) atoms. The third-order valence-corrected chi connectivity index (χ3v) is 7.23. The van der Waals surface area contributed by atoms with Crippen LogP contribution < -0.4 is 9.47 Å². The Morgan fingerprint density at radius 1 is 0.850 bits per heavy atom. The van der Waals surface area contributed by atoms with Gasteiger partial charge in [0.1, 0.15) is 24.7 Å². The van der Waals surface area contributed by atoms with Crippen molar-refractivity contribution >= 4 is 5.97 Å². The van der Waals surface area contributed by atoms with Gasteiger partial charge in [-0.1, -0.05) is 48.5 Å². The molecular weight excluding hydrogens is 502 g/mol. The smallest absolute Gasteiger partial charge is 0.311 e. The summed E-state index contributed by atoms with van der Waals surface area (Å²) in [6, 6.07) is 25.3. The summed E-state index contributed by atoms with van der Waals surface area (Å²) < 4.78 is 18.5. The maximum atomic E-state index is 11.4. The van der Waals surface area contributed by atoms with Crippen LogP contribution in [0.15, 0.2) is 85.3 Å². The van der Waals surface area contributed by atoms with E-state index in [4.69, 9.17) is 14.2 Å². The van der Waals surface area contributed by atoms with E-state index in [1.165, 1.54) is 49.7 Å². The summed E-state index contributed by atoms with van der Waals surface area (Å²) in [5.74, 6) is 1.45. The highest BCUT2D eigenvalue weighted by Gasteiger charge is 2.11. The van der Waals surface area contributed by atoms with Crippen molar-refractivity contribution in [2.75, 3.05) is 40.0 Å². The van der Waals surface area contributed by atoms with Crippen LogP contribution in [-0.2, 0) is 28.9 Å². The first-order valence-electron chi connectivity index (χ1n) is 14.0.